The molecule has 28 heavy (non-hydrogen) atoms. The van der Waals surface area contributed by atoms with Crippen LogP contribution in [0.4, 0.5) is 0 Å². The third-order valence-corrected chi connectivity index (χ3v) is 5.33. The first-order valence-electron chi connectivity index (χ1n) is 9.82. The van der Waals surface area contributed by atoms with Crippen LogP contribution in [0.1, 0.15) is 49.5 Å². The van der Waals surface area contributed by atoms with Crippen molar-refractivity contribution in [2.45, 2.75) is 40.0 Å². The molecule has 3 rings (SSSR count). The summed E-state index contributed by atoms with van der Waals surface area (Å²) in [5, 5.41) is 9.26. The highest BCUT2D eigenvalue weighted by Gasteiger charge is 2.30. The van der Waals surface area contributed by atoms with E-state index in [-0.39, 0.29) is 16.9 Å². The van der Waals surface area contributed by atoms with Crippen molar-refractivity contribution in [1.82, 2.24) is 9.88 Å². The van der Waals surface area contributed by atoms with Crippen molar-refractivity contribution < 1.29 is 14.7 Å². The average Bonchev–Trinajstić information content (AvgIpc) is 2.68. The molecule has 2 heterocycles. The summed E-state index contributed by atoms with van der Waals surface area (Å²) in [5.41, 5.74) is 2.74. The van der Waals surface area contributed by atoms with Crippen LogP contribution in [0.2, 0.25) is 0 Å². The van der Waals surface area contributed by atoms with E-state index in [2.05, 4.69) is 11.1 Å². The third kappa shape index (κ3) is 4.58. The van der Waals surface area contributed by atoms with Crippen LogP contribution in [0.25, 0.3) is 11.3 Å². The molecule has 0 radical (unpaired) electrons. The van der Waals surface area contributed by atoms with Crippen LogP contribution in [0.3, 0.4) is 0 Å². The Hall–Kier alpha value is -2.69. The normalized spacial score (nSPS) is 15.5. The minimum atomic E-state index is -0.935. The summed E-state index contributed by atoms with van der Waals surface area (Å²) >= 11 is 0. The fourth-order valence-electron chi connectivity index (χ4n) is 3.79. The number of rotatable bonds is 4. The number of benzene rings is 1. The van der Waals surface area contributed by atoms with Crippen LogP contribution in [0, 0.1) is 11.3 Å². The molecule has 148 valence electrons. The molecule has 1 fully saturated rings. The third-order valence-electron chi connectivity index (χ3n) is 5.33. The Morgan fingerprint density at radius 2 is 1.86 bits per heavy atom. The number of likely N-dealkylation sites (tertiary alicyclic amines) is 1. The van der Waals surface area contributed by atoms with E-state index in [9.17, 15) is 14.7 Å². The monoisotopic (exact) mass is 380 g/mol. The topological polar surface area (TPSA) is 70.5 Å². The number of amides is 1. The second-order valence-electron chi connectivity index (χ2n) is 8.59. The Labute approximate surface area is 166 Å². The highest BCUT2D eigenvalue weighted by molar-refractivity contribution is 5.89. The Morgan fingerprint density at radius 1 is 1.14 bits per heavy atom. The molecule has 1 amide bonds. The van der Waals surface area contributed by atoms with Gasteiger partial charge in [-0.2, -0.15) is 0 Å². The van der Waals surface area contributed by atoms with E-state index in [0.29, 0.717) is 5.92 Å². The molecule has 0 unspecified atom stereocenters. The first kappa shape index (κ1) is 20.1. The lowest BCUT2D eigenvalue weighted by molar-refractivity contribution is -0.140. The molecule has 1 aliphatic heterocycles. The standard InChI is InChI=1S/C23H28N2O3/c1-23(2,3)22(28)25-12-9-16(10-13-25)14-17-8-5-11-24-20(17)18-6-4-7-19(15-18)21(26)27/h4-8,11,15-16H,9-10,12-14H2,1-3H3,(H,26,27). The Bertz CT molecular complexity index is 862. The molecule has 0 aliphatic carbocycles. The van der Waals surface area contributed by atoms with Gasteiger partial charge in [0, 0.05) is 30.3 Å². The van der Waals surface area contributed by atoms with Crippen molar-refractivity contribution in [3.05, 3.63) is 53.7 Å². The van der Waals surface area contributed by atoms with Gasteiger partial charge in [0.2, 0.25) is 5.91 Å². The maximum absolute atomic E-state index is 12.5. The molecule has 5 nitrogen and oxygen atoms in total. The zero-order valence-electron chi connectivity index (χ0n) is 16.8. The minimum Gasteiger partial charge on any atom is -0.478 e. The Kier molecular flexibility index (Phi) is 5.82. The molecule has 0 bridgehead atoms. The van der Waals surface area contributed by atoms with Gasteiger partial charge in [-0.25, -0.2) is 4.79 Å². The van der Waals surface area contributed by atoms with E-state index in [0.717, 1.165) is 49.2 Å². The fourth-order valence-corrected chi connectivity index (χ4v) is 3.79. The zero-order valence-corrected chi connectivity index (χ0v) is 16.8. The molecule has 5 heteroatoms. The summed E-state index contributed by atoms with van der Waals surface area (Å²) in [7, 11) is 0. The molecule has 0 atom stereocenters. The van der Waals surface area contributed by atoms with E-state index in [4.69, 9.17) is 0 Å². The highest BCUT2D eigenvalue weighted by atomic mass is 16.4. The number of pyridine rings is 1. The number of aromatic carboxylic acids is 1. The number of carbonyl (C=O) groups is 2. The predicted octanol–water partition coefficient (Wildman–Crippen LogP) is 4.27. The molecule has 1 N–H and O–H groups in total. The van der Waals surface area contributed by atoms with Gasteiger partial charge >= 0.3 is 5.97 Å². The second kappa shape index (κ2) is 8.13. The maximum Gasteiger partial charge on any atom is 0.335 e. The Balaban J connectivity index is 1.73. The number of hydrogen-bond donors (Lipinski definition) is 1. The molecule has 1 aliphatic rings. The summed E-state index contributed by atoms with van der Waals surface area (Å²) in [5.74, 6) is -0.219. The second-order valence-corrected chi connectivity index (χ2v) is 8.59. The number of carbonyl (C=O) groups excluding carboxylic acids is 1. The van der Waals surface area contributed by atoms with Crippen molar-refractivity contribution in [2.24, 2.45) is 11.3 Å². The van der Waals surface area contributed by atoms with Crippen molar-refractivity contribution in [2.75, 3.05) is 13.1 Å². The number of aromatic nitrogens is 1. The largest absolute Gasteiger partial charge is 0.478 e. The van der Waals surface area contributed by atoms with Gasteiger partial charge < -0.3 is 10.0 Å². The van der Waals surface area contributed by atoms with E-state index in [1.807, 2.05) is 37.8 Å². The van der Waals surface area contributed by atoms with Crippen molar-refractivity contribution in [1.29, 1.82) is 0 Å². The van der Waals surface area contributed by atoms with Gasteiger partial charge in [-0.3, -0.25) is 9.78 Å². The summed E-state index contributed by atoms with van der Waals surface area (Å²) in [6, 6.07) is 10.9. The smallest absolute Gasteiger partial charge is 0.335 e. The highest BCUT2D eigenvalue weighted by Crippen LogP contribution is 2.29. The summed E-state index contributed by atoms with van der Waals surface area (Å²) in [6.45, 7) is 7.49. The lowest BCUT2D eigenvalue weighted by atomic mass is 9.87. The van der Waals surface area contributed by atoms with Gasteiger partial charge in [0.25, 0.3) is 0 Å². The van der Waals surface area contributed by atoms with Gasteiger partial charge in [-0.1, -0.05) is 39.0 Å². The summed E-state index contributed by atoms with van der Waals surface area (Å²) < 4.78 is 0. The number of carboxylic acids is 1. The Morgan fingerprint density at radius 3 is 2.50 bits per heavy atom. The molecular weight excluding hydrogens is 352 g/mol. The molecule has 1 aromatic heterocycles. The molecule has 0 spiro atoms. The lowest BCUT2D eigenvalue weighted by Gasteiger charge is -2.36. The quantitative estimate of drug-likeness (QED) is 0.860. The van der Waals surface area contributed by atoms with Crippen LogP contribution in [-0.2, 0) is 11.2 Å². The minimum absolute atomic E-state index is 0.221. The van der Waals surface area contributed by atoms with E-state index >= 15 is 0 Å². The van der Waals surface area contributed by atoms with Crippen molar-refractivity contribution in [3.8, 4) is 11.3 Å². The van der Waals surface area contributed by atoms with Gasteiger partial charge in [-0.05, 0) is 48.9 Å². The van der Waals surface area contributed by atoms with Crippen molar-refractivity contribution in [3.63, 3.8) is 0 Å². The van der Waals surface area contributed by atoms with E-state index in [1.165, 1.54) is 0 Å². The number of nitrogens with zero attached hydrogens (tertiary/aromatic N) is 2. The SMILES string of the molecule is CC(C)(C)C(=O)N1CCC(Cc2cccnc2-c2cccc(C(=O)O)c2)CC1. The van der Waals surface area contributed by atoms with Crippen LogP contribution < -0.4 is 0 Å². The van der Waals surface area contributed by atoms with Gasteiger partial charge in [-0.15, -0.1) is 0 Å². The maximum atomic E-state index is 12.5. The molecule has 1 aromatic carbocycles. The zero-order chi connectivity index (χ0) is 20.3. The van der Waals surface area contributed by atoms with Crippen LogP contribution in [-0.4, -0.2) is 40.0 Å². The van der Waals surface area contributed by atoms with Gasteiger partial charge in [0.1, 0.15) is 0 Å². The van der Waals surface area contributed by atoms with E-state index < -0.39 is 5.97 Å². The van der Waals surface area contributed by atoms with Crippen LogP contribution in [0.15, 0.2) is 42.6 Å². The average molecular weight is 380 g/mol. The number of carboxylic acid groups (broad SMARTS) is 1. The fraction of sp³-hybridized carbons (Fsp3) is 0.435. The van der Waals surface area contributed by atoms with Gasteiger partial charge in [0.05, 0.1) is 11.3 Å². The number of hydrogen-bond acceptors (Lipinski definition) is 3. The molecule has 1 saturated heterocycles. The van der Waals surface area contributed by atoms with Crippen LogP contribution >= 0.6 is 0 Å². The summed E-state index contributed by atoms with van der Waals surface area (Å²) in [6.07, 6.45) is 4.59. The molecular formula is C23H28N2O3. The predicted molar refractivity (Wildman–Crippen MR) is 109 cm³/mol. The van der Waals surface area contributed by atoms with Crippen LogP contribution in [0.5, 0.6) is 0 Å². The summed E-state index contributed by atoms with van der Waals surface area (Å²) in [4.78, 5) is 30.3. The first-order chi connectivity index (χ1) is 13.3. The first-order valence-corrected chi connectivity index (χ1v) is 9.82. The van der Waals surface area contributed by atoms with Gasteiger partial charge in [0.15, 0.2) is 0 Å². The lowest BCUT2D eigenvalue weighted by Crippen LogP contribution is -2.44. The van der Waals surface area contributed by atoms with E-state index in [1.54, 1.807) is 24.4 Å². The molecule has 2 aromatic rings. The number of piperidine rings is 1. The molecule has 0 saturated carbocycles. The van der Waals surface area contributed by atoms with Crippen molar-refractivity contribution >= 4 is 11.9 Å².